The number of nitrogens with one attached hydrogen (secondary N) is 2. The summed E-state index contributed by atoms with van der Waals surface area (Å²) in [4.78, 5) is 32.8. The van der Waals surface area contributed by atoms with Gasteiger partial charge in [0.25, 0.3) is 11.4 Å². The molecule has 8 nitrogen and oxygen atoms in total. The molecule has 0 spiro atoms. The first-order valence-electron chi connectivity index (χ1n) is 9.67. The Morgan fingerprint density at radius 3 is 2.48 bits per heavy atom. The largest absolute Gasteiger partial charge is 0.491 e. The summed E-state index contributed by atoms with van der Waals surface area (Å²) in [6.45, 7) is 4.00. The summed E-state index contributed by atoms with van der Waals surface area (Å²) in [7, 11) is 4.76. The number of rotatable bonds is 5. The molecule has 8 heteroatoms. The van der Waals surface area contributed by atoms with E-state index in [9.17, 15) is 9.59 Å². The Kier molecular flexibility index (Phi) is 5.91. The van der Waals surface area contributed by atoms with Crippen LogP contribution < -0.4 is 26.0 Å². The van der Waals surface area contributed by atoms with Gasteiger partial charge < -0.3 is 19.8 Å². The molecule has 2 N–H and O–H groups in total. The maximum absolute atomic E-state index is 13.1. The van der Waals surface area contributed by atoms with Crippen LogP contribution in [0.15, 0.2) is 33.9 Å². The molecular formula is C21H28N4O4. The zero-order valence-electron chi connectivity index (χ0n) is 17.3. The normalized spacial score (nSPS) is 12.9. The first-order chi connectivity index (χ1) is 14.1. The molecule has 2 aromatic heterocycles. The van der Waals surface area contributed by atoms with Crippen molar-refractivity contribution < 1.29 is 10.9 Å². The standard InChI is InChI=1S/C19H20N4O4.C2H6.H2/c1-20-13-9-12-14(8-11(13)10-4-5-10)21-19(25)23(18(12)24)16-7-6-15(26-2)17(22-16)27-3;1-2;/h6-10,20H,4-5H2,1-3H3,(H,21,25);1-2H3;1H. The summed E-state index contributed by atoms with van der Waals surface area (Å²) in [6.07, 6.45) is 2.24. The van der Waals surface area contributed by atoms with E-state index in [0.29, 0.717) is 22.6 Å². The minimum atomic E-state index is -0.550. The fourth-order valence-electron chi connectivity index (χ4n) is 3.28. The lowest BCUT2D eigenvalue weighted by Crippen LogP contribution is -2.34. The van der Waals surface area contributed by atoms with Gasteiger partial charge >= 0.3 is 5.69 Å². The van der Waals surface area contributed by atoms with E-state index in [1.165, 1.54) is 14.2 Å². The Labute approximate surface area is 170 Å². The van der Waals surface area contributed by atoms with Gasteiger partial charge in [0.05, 0.1) is 25.1 Å². The van der Waals surface area contributed by atoms with Gasteiger partial charge in [0.2, 0.25) is 0 Å². The molecule has 0 amide bonds. The van der Waals surface area contributed by atoms with E-state index in [-0.39, 0.29) is 13.1 Å². The van der Waals surface area contributed by atoms with Crippen molar-refractivity contribution in [3.8, 4) is 17.4 Å². The molecular weight excluding hydrogens is 372 g/mol. The zero-order valence-corrected chi connectivity index (χ0v) is 17.3. The second-order valence-electron chi connectivity index (χ2n) is 6.46. The summed E-state index contributed by atoms with van der Waals surface area (Å²) < 4.78 is 11.3. The van der Waals surface area contributed by atoms with Crippen molar-refractivity contribution in [2.45, 2.75) is 32.6 Å². The van der Waals surface area contributed by atoms with Gasteiger partial charge in [-0.05, 0) is 48.6 Å². The average molecular weight is 400 g/mol. The van der Waals surface area contributed by atoms with Crippen LogP contribution in [0.4, 0.5) is 5.69 Å². The summed E-state index contributed by atoms with van der Waals surface area (Å²) in [5.41, 5.74) is 1.57. The molecule has 0 radical (unpaired) electrons. The monoisotopic (exact) mass is 400 g/mol. The number of hydrogen-bond donors (Lipinski definition) is 2. The van der Waals surface area contributed by atoms with E-state index in [1.54, 1.807) is 18.2 Å². The molecule has 0 bridgehead atoms. The number of hydrogen-bond acceptors (Lipinski definition) is 6. The average Bonchev–Trinajstić information content (AvgIpc) is 3.59. The minimum Gasteiger partial charge on any atom is -0.491 e. The number of aromatic amines is 1. The number of methoxy groups -OCH3 is 2. The Morgan fingerprint density at radius 2 is 1.90 bits per heavy atom. The zero-order chi connectivity index (χ0) is 21.1. The third-order valence-corrected chi connectivity index (χ3v) is 4.81. The van der Waals surface area contributed by atoms with Crippen LogP contribution in [0.1, 0.15) is 39.6 Å². The van der Waals surface area contributed by atoms with E-state index < -0.39 is 11.2 Å². The van der Waals surface area contributed by atoms with Crippen LogP contribution >= 0.6 is 0 Å². The quantitative estimate of drug-likeness (QED) is 0.682. The van der Waals surface area contributed by atoms with Crippen LogP contribution in [0, 0.1) is 0 Å². The topological polar surface area (TPSA) is 98.2 Å². The molecule has 156 valence electrons. The minimum absolute atomic E-state index is 0. The number of nitrogens with zero attached hydrogens (tertiary/aromatic N) is 2. The van der Waals surface area contributed by atoms with Crippen molar-refractivity contribution in [1.82, 2.24) is 14.5 Å². The molecule has 29 heavy (non-hydrogen) atoms. The number of H-pyrrole nitrogens is 1. The van der Waals surface area contributed by atoms with Gasteiger partial charge in [-0.15, -0.1) is 0 Å². The van der Waals surface area contributed by atoms with Crippen molar-refractivity contribution in [1.29, 1.82) is 0 Å². The van der Waals surface area contributed by atoms with Crippen molar-refractivity contribution in [3.05, 3.63) is 50.7 Å². The Balaban J connectivity index is 0.00000104. The SMILES string of the molecule is CC.CNc1cc2c(=O)n(-c3ccc(OC)c(OC)n3)c(=O)[nH]c2cc1C1CC1.[HH]. The Bertz CT molecular complexity index is 1150. The highest BCUT2D eigenvalue weighted by atomic mass is 16.5. The van der Waals surface area contributed by atoms with Gasteiger partial charge in [-0.1, -0.05) is 13.8 Å². The highest BCUT2D eigenvalue weighted by molar-refractivity contribution is 5.84. The first-order valence-corrected chi connectivity index (χ1v) is 9.67. The fourth-order valence-corrected chi connectivity index (χ4v) is 3.28. The van der Waals surface area contributed by atoms with Crippen LogP contribution in [-0.4, -0.2) is 35.8 Å². The molecule has 2 heterocycles. The molecule has 4 rings (SSSR count). The summed E-state index contributed by atoms with van der Waals surface area (Å²) in [6, 6.07) is 6.83. The van der Waals surface area contributed by atoms with E-state index >= 15 is 0 Å². The summed E-state index contributed by atoms with van der Waals surface area (Å²) in [5.74, 6) is 1.26. The predicted molar refractivity (Wildman–Crippen MR) is 116 cm³/mol. The lowest BCUT2D eigenvalue weighted by atomic mass is 10.1. The van der Waals surface area contributed by atoms with E-state index in [2.05, 4.69) is 15.3 Å². The summed E-state index contributed by atoms with van der Waals surface area (Å²) in [5, 5.41) is 3.57. The van der Waals surface area contributed by atoms with E-state index in [1.807, 2.05) is 27.0 Å². The van der Waals surface area contributed by atoms with Crippen molar-refractivity contribution in [2.24, 2.45) is 0 Å². The second-order valence-corrected chi connectivity index (χ2v) is 6.46. The fraction of sp³-hybridized carbons (Fsp3) is 0.381. The number of ether oxygens (including phenoxy) is 2. The van der Waals surface area contributed by atoms with Gasteiger partial charge in [-0.25, -0.2) is 9.36 Å². The molecule has 0 atom stereocenters. The van der Waals surface area contributed by atoms with Crippen molar-refractivity contribution in [2.75, 3.05) is 26.6 Å². The third-order valence-electron chi connectivity index (χ3n) is 4.81. The number of aromatic nitrogens is 3. The van der Waals surface area contributed by atoms with E-state index in [0.717, 1.165) is 28.7 Å². The predicted octanol–water partition coefficient (Wildman–Crippen LogP) is 3.28. The first kappa shape index (κ1) is 20.4. The molecule has 3 aromatic rings. The van der Waals surface area contributed by atoms with Crippen LogP contribution in [0.5, 0.6) is 11.6 Å². The summed E-state index contributed by atoms with van der Waals surface area (Å²) >= 11 is 0. The molecule has 1 fully saturated rings. The highest BCUT2D eigenvalue weighted by Crippen LogP contribution is 2.44. The lowest BCUT2D eigenvalue weighted by Gasteiger charge is -2.12. The molecule has 1 saturated carbocycles. The van der Waals surface area contributed by atoms with Crippen LogP contribution in [0.2, 0.25) is 0 Å². The van der Waals surface area contributed by atoms with E-state index in [4.69, 9.17) is 9.47 Å². The number of anilines is 1. The maximum Gasteiger partial charge on any atom is 0.334 e. The molecule has 0 aliphatic heterocycles. The van der Waals surface area contributed by atoms with Crippen LogP contribution in [-0.2, 0) is 0 Å². The molecule has 1 aliphatic rings. The molecule has 0 saturated heterocycles. The third kappa shape index (κ3) is 3.70. The van der Waals surface area contributed by atoms with Crippen LogP contribution in [0.3, 0.4) is 0 Å². The maximum atomic E-state index is 13.1. The highest BCUT2D eigenvalue weighted by Gasteiger charge is 2.27. The van der Waals surface area contributed by atoms with Gasteiger partial charge in [0.1, 0.15) is 5.82 Å². The van der Waals surface area contributed by atoms with Gasteiger partial charge in [0, 0.05) is 14.2 Å². The number of pyridine rings is 1. The molecule has 0 unspecified atom stereocenters. The van der Waals surface area contributed by atoms with Crippen LogP contribution in [0.25, 0.3) is 16.7 Å². The lowest BCUT2D eigenvalue weighted by molar-refractivity contribution is 0.342. The molecule has 1 aliphatic carbocycles. The van der Waals surface area contributed by atoms with Gasteiger partial charge in [0.15, 0.2) is 5.75 Å². The van der Waals surface area contributed by atoms with Gasteiger partial charge in [-0.3, -0.25) is 4.79 Å². The second kappa shape index (κ2) is 8.38. The Hall–Kier alpha value is -3.29. The van der Waals surface area contributed by atoms with Gasteiger partial charge in [-0.2, -0.15) is 4.98 Å². The smallest absolute Gasteiger partial charge is 0.334 e. The number of fused-ring (bicyclic) bond motifs is 1. The number of benzene rings is 1. The van der Waals surface area contributed by atoms with Crippen molar-refractivity contribution in [3.63, 3.8) is 0 Å². The Morgan fingerprint density at radius 1 is 1.17 bits per heavy atom. The molecule has 1 aromatic carbocycles. The van der Waals surface area contributed by atoms with Crippen molar-refractivity contribution >= 4 is 16.6 Å².